The summed E-state index contributed by atoms with van der Waals surface area (Å²) in [6.07, 6.45) is 4.72. The predicted molar refractivity (Wildman–Crippen MR) is 75.4 cm³/mol. The third kappa shape index (κ3) is 3.75. The summed E-state index contributed by atoms with van der Waals surface area (Å²) in [5, 5.41) is 6.65. The molecule has 0 radical (unpaired) electrons. The van der Waals surface area contributed by atoms with Gasteiger partial charge >= 0.3 is 0 Å². The maximum Gasteiger partial charge on any atom is 0.204 e. The van der Waals surface area contributed by atoms with Crippen LogP contribution in [0, 0.1) is 0 Å². The van der Waals surface area contributed by atoms with Gasteiger partial charge in [0.2, 0.25) is 5.75 Å². The molecule has 18 heavy (non-hydrogen) atoms. The fraction of sp³-hybridized carbons (Fsp3) is 0.692. The van der Waals surface area contributed by atoms with Gasteiger partial charge in [0.25, 0.3) is 0 Å². The Morgan fingerprint density at radius 1 is 1.17 bits per heavy atom. The van der Waals surface area contributed by atoms with Gasteiger partial charge in [-0.05, 0) is 19.3 Å². The minimum Gasteiger partial charge on any atom is -0.490 e. The van der Waals surface area contributed by atoms with Crippen molar-refractivity contribution in [1.82, 2.24) is 9.97 Å². The maximum absolute atomic E-state index is 5.41. The molecule has 5 nitrogen and oxygen atoms in total. The van der Waals surface area contributed by atoms with Crippen LogP contribution in [0.1, 0.15) is 40.0 Å². The zero-order chi connectivity index (χ0) is 13.4. The standard InChI is InChI=1S/C13H24N4O/c1-5-8-14-12-11(18-4)13(16-9-15-12)17-10(6-2)7-3/h9-10H,5-8H2,1-4H3,(H2,14,15,16,17). The average Bonchev–Trinajstić information content (AvgIpc) is 2.42. The largest absolute Gasteiger partial charge is 0.490 e. The van der Waals surface area contributed by atoms with Gasteiger partial charge < -0.3 is 15.4 Å². The first-order valence-electron chi connectivity index (χ1n) is 6.66. The van der Waals surface area contributed by atoms with Crippen LogP contribution in [-0.4, -0.2) is 29.7 Å². The Bertz CT molecular complexity index is 353. The van der Waals surface area contributed by atoms with Crippen molar-refractivity contribution in [3.05, 3.63) is 6.33 Å². The van der Waals surface area contributed by atoms with Crippen molar-refractivity contribution in [2.24, 2.45) is 0 Å². The monoisotopic (exact) mass is 252 g/mol. The fourth-order valence-corrected chi connectivity index (χ4v) is 1.73. The number of hydrogen-bond acceptors (Lipinski definition) is 5. The summed E-state index contributed by atoms with van der Waals surface area (Å²) in [7, 11) is 1.65. The van der Waals surface area contributed by atoms with E-state index in [4.69, 9.17) is 4.74 Å². The average molecular weight is 252 g/mol. The summed E-state index contributed by atoms with van der Waals surface area (Å²) >= 11 is 0. The number of rotatable bonds is 8. The smallest absolute Gasteiger partial charge is 0.204 e. The highest BCUT2D eigenvalue weighted by Crippen LogP contribution is 2.29. The van der Waals surface area contributed by atoms with Crippen LogP contribution in [-0.2, 0) is 0 Å². The van der Waals surface area contributed by atoms with E-state index < -0.39 is 0 Å². The number of ether oxygens (including phenoxy) is 1. The molecule has 0 aliphatic heterocycles. The second-order valence-electron chi connectivity index (χ2n) is 4.19. The van der Waals surface area contributed by atoms with E-state index in [0.717, 1.165) is 37.4 Å². The summed E-state index contributed by atoms with van der Waals surface area (Å²) in [4.78, 5) is 8.49. The molecule has 1 heterocycles. The summed E-state index contributed by atoms with van der Waals surface area (Å²) in [6, 6.07) is 0.410. The molecule has 1 aromatic rings. The van der Waals surface area contributed by atoms with E-state index in [-0.39, 0.29) is 0 Å². The normalized spacial score (nSPS) is 10.5. The number of nitrogens with one attached hydrogen (secondary N) is 2. The van der Waals surface area contributed by atoms with Gasteiger partial charge in [0, 0.05) is 12.6 Å². The number of nitrogens with zero attached hydrogens (tertiary/aromatic N) is 2. The van der Waals surface area contributed by atoms with Crippen molar-refractivity contribution >= 4 is 11.6 Å². The Balaban J connectivity index is 2.89. The molecular weight excluding hydrogens is 228 g/mol. The van der Waals surface area contributed by atoms with Gasteiger partial charge in [0.05, 0.1) is 7.11 Å². The molecule has 0 fully saturated rings. The highest BCUT2D eigenvalue weighted by molar-refractivity contribution is 5.63. The highest BCUT2D eigenvalue weighted by atomic mass is 16.5. The van der Waals surface area contributed by atoms with Crippen LogP contribution in [0.15, 0.2) is 6.33 Å². The van der Waals surface area contributed by atoms with Gasteiger partial charge in [-0.25, -0.2) is 9.97 Å². The van der Waals surface area contributed by atoms with Crippen molar-refractivity contribution in [1.29, 1.82) is 0 Å². The Morgan fingerprint density at radius 3 is 2.39 bits per heavy atom. The molecule has 5 heteroatoms. The number of anilines is 2. The molecule has 0 saturated heterocycles. The number of hydrogen-bond donors (Lipinski definition) is 2. The lowest BCUT2D eigenvalue weighted by molar-refractivity contribution is 0.413. The SMILES string of the molecule is CCCNc1ncnc(NC(CC)CC)c1OC. The molecule has 0 unspecified atom stereocenters. The van der Waals surface area contributed by atoms with Crippen LogP contribution in [0.2, 0.25) is 0 Å². The van der Waals surface area contributed by atoms with Crippen LogP contribution in [0.3, 0.4) is 0 Å². The van der Waals surface area contributed by atoms with Gasteiger partial charge in [-0.15, -0.1) is 0 Å². The van der Waals surface area contributed by atoms with Gasteiger partial charge in [0.15, 0.2) is 11.6 Å². The molecule has 0 aromatic carbocycles. The van der Waals surface area contributed by atoms with Crippen LogP contribution in [0.25, 0.3) is 0 Å². The molecule has 0 bridgehead atoms. The predicted octanol–water partition coefficient (Wildman–Crippen LogP) is 2.91. The molecule has 0 aliphatic carbocycles. The van der Waals surface area contributed by atoms with Crippen molar-refractivity contribution in [2.45, 2.75) is 46.1 Å². The zero-order valence-corrected chi connectivity index (χ0v) is 11.8. The van der Waals surface area contributed by atoms with Crippen molar-refractivity contribution < 1.29 is 4.74 Å². The lowest BCUT2D eigenvalue weighted by Gasteiger charge is -2.18. The molecule has 0 spiro atoms. The molecule has 1 aromatic heterocycles. The lowest BCUT2D eigenvalue weighted by atomic mass is 10.2. The first-order valence-corrected chi connectivity index (χ1v) is 6.66. The van der Waals surface area contributed by atoms with E-state index in [1.165, 1.54) is 0 Å². The first kappa shape index (κ1) is 14.5. The van der Waals surface area contributed by atoms with E-state index in [0.29, 0.717) is 11.8 Å². The first-order chi connectivity index (χ1) is 8.76. The van der Waals surface area contributed by atoms with Crippen molar-refractivity contribution in [3.63, 3.8) is 0 Å². The quantitative estimate of drug-likeness (QED) is 0.745. The molecule has 0 aliphatic rings. The summed E-state index contributed by atoms with van der Waals surface area (Å²) in [5.41, 5.74) is 0. The Labute approximate surface area is 109 Å². The Morgan fingerprint density at radius 2 is 1.83 bits per heavy atom. The maximum atomic E-state index is 5.41. The van der Waals surface area contributed by atoms with E-state index >= 15 is 0 Å². The van der Waals surface area contributed by atoms with Crippen LogP contribution >= 0.6 is 0 Å². The van der Waals surface area contributed by atoms with Gasteiger partial charge in [-0.1, -0.05) is 20.8 Å². The van der Waals surface area contributed by atoms with E-state index in [1.54, 1.807) is 13.4 Å². The molecule has 0 saturated carbocycles. The van der Waals surface area contributed by atoms with Crippen LogP contribution < -0.4 is 15.4 Å². The van der Waals surface area contributed by atoms with Crippen LogP contribution in [0.5, 0.6) is 5.75 Å². The molecular formula is C13H24N4O. The minimum atomic E-state index is 0.410. The van der Waals surface area contributed by atoms with E-state index in [9.17, 15) is 0 Å². The van der Waals surface area contributed by atoms with Crippen LogP contribution in [0.4, 0.5) is 11.6 Å². The highest BCUT2D eigenvalue weighted by Gasteiger charge is 2.14. The second-order valence-corrected chi connectivity index (χ2v) is 4.19. The zero-order valence-electron chi connectivity index (χ0n) is 11.8. The number of aromatic nitrogens is 2. The lowest BCUT2D eigenvalue weighted by Crippen LogP contribution is -2.19. The van der Waals surface area contributed by atoms with Crippen molar-refractivity contribution in [3.8, 4) is 5.75 Å². The van der Waals surface area contributed by atoms with E-state index in [1.807, 2.05) is 0 Å². The summed E-state index contributed by atoms with van der Waals surface area (Å²) in [5.74, 6) is 2.21. The van der Waals surface area contributed by atoms with Gasteiger partial charge in [0.1, 0.15) is 6.33 Å². The molecule has 0 amide bonds. The second kappa shape index (κ2) is 7.74. The Hall–Kier alpha value is -1.52. The fourth-order valence-electron chi connectivity index (χ4n) is 1.73. The minimum absolute atomic E-state index is 0.410. The molecule has 0 atom stereocenters. The van der Waals surface area contributed by atoms with Gasteiger partial charge in [-0.3, -0.25) is 0 Å². The third-order valence-corrected chi connectivity index (χ3v) is 2.88. The Kier molecular flexibility index (Phi) is 6.25. The third-order valence-electron chi connectivity index (χ3n) is 2.88. The molecule has 1 rings (SSSR count). The number of methoxy groups -OCH3 is 1. The topological polar surface area (TPSA) is 59.1 Å². The van der Waals surface area contributed by atoms with Crippen molar-refractivity contribution in [2.75, 3.05) is 24.3 Å². The summed E-state index contributed by atoms with van der Waals surface area (Å²) < 4.78 is 5.41. The van der Waals surface area contributed by atoms with E-state index in [2.05, 4.69) is 41.4 Å². The summed E-state index contributed by atoms with van der Waals surface area (Å²) in [6.45, 7) is 7.30. The molecule has 2 N–H and O–H groups in total. The molecule has 102 valence electrons. The van der Waals surface area contributed by atoms with Gasteiger partial charge in [-0.2, -0.15) is 0 Å².